The summed E-state index contributed by atoms with van der Waals surface area (Å²) in [4.78, 5) is 23.6. The molecule has 0 aliphatic rings. The molecule has 0 amide bonds. The van der Waals surface area contributed by atoms with Crippen LogP contribution in [0.5, 0.6) is 5.75 Å². The van der Waals surface area contributed by atoms with Gasteiger partial charge in [0.25, 0.3) is 0 Å². The number of benzene rings is 2. The highest BCUT2D eigenvalue weighted by Crippen LogP contribution is 2.28. The van der Waals surface area contributed by atoms with Gasteiger partial charge in [-0.05, 0) is 53.3 Å². The monoisotopic (exact) mass is 455 g/mol. The molecule has 0 spiro atoms. The number of aromatic nitrogens is 3. The van der Waals surface area contributed by atoms with Crippen LogP contribution < -0.4 is 10.4 Å². The SMILES string of the molecule is CC(C)COCc1ccc(Cl)c(-c2nc(-c3ccc(OCC(C)(C)C)cc3)nc(=O)[nH]2)c1. The molecular weight excluding hydrogens is 426 g/mol. The summed E-state index contributed by atoms with van der Waals surface area (Å²) < 4.78 is 11.5. The zero-order chi connectivity index (χ0) is 23.3. The first-order valence-electron chi connectivity index (χ1n) is 10.7. The Balaban J connectivity index is 1.85. The molecule has 0 radical (unpaired) electrons. The standard InChI is InChI=1S/C25H30ClN3O3/c1-16(2)13-31-14-17-6-11-21(26)20(12-17)23-27-22(28-24(30)29-23)18-7-9-19(10-8-18)32-15-25(3,4)5/h6-12,16H,13-15H2,1-5H3,(H,27,28,29,30). The highest BCUT2D eigenvalue weighted by molar-refractivity contribution is 6.33. The molecule has 1 heterocycles. The number of aromatic amines is 1. The molecule has 0 atom stereocenters. The summed E-state index contributed by atoms with van der Waals surface area (Å²) in [6.45, 7) is 12.3. The molecule has 6 nitrogen and oxygen atoms in total. The van der Waals surface area contributed by atoms with E-state index >= 15 is 0 Å². The lowest BCUT2D eigenvalue weighted by molar-refractivity contribution is 0.0971. The lowest BCUT2D eigenvalue weighted by Crippen LogP contribution is -2.16. The second-order valence-electron chi connectivity index (χ2n) is 9.42. The Labute approximate surface area is 194 Å². The van der Waals surface area contributed by atoms with Gasteiger partial charge in [0.15, 0.2) is 5.82 Å². The fourth-order valence-corrected chi connectivity index (χ4v) is 3.10. The number of H-pyrrole nitrogens is 1. The van der Waals surface area contributed by atoms with Crippen molar-refractivity contribution in [3.05, 3.63) is 63.5 Å². The Hall–Kier alpha value is -2.70. The summed E-state index contributed by atoms with van der Waals surface area (Å²) in [7, 11) is 0. The van der Waals surface area contributed by atoms with Crippen LogP contribution in [0.15, 0.2) is 47.3 Å². The van der Waals surface area contributed by atoms with E-state index in [2.05, 4.69) is 49.6 Å². The average molecular weight is 456 g/mol. The van der Waals surface area contributed by atoms with Gasteiger partial charge in [0, 0.05) is 17.7 Å². The van der Waals surface area contributed by atoms with E-state index in [1.807, 2.05) is 36.4 Å². The number of nitrogens with zero attached hydrogens (tertiary/aromatic N) is 2. The largest absolute Gasteiger partial charge is 0.493 e. The van der Waals surface area contributed by atoms with Crippen molar-refractivity contribution in [3.8, 4) is 28.5 Å². The first-order chi connectivity index (χ1) is 15.1. The molecule has 0 aliphatic carbocycles. The minimum Gasteiger partial charge on any atom is -0.493 e. The topological polar surface area (TPSA) is 77.1 Å². The Kier molecular flexibility index (Phi) is 7.69. The highest BCUT2D eigenvalue weighted by Gasteiger charge is 2.13. The summed E-state index contributed by atoms with van der Waals surface area (Å²) >= 11 is 6.42. The Bertz CT molecular complexity index is 1100. The van der Waals surface area contributed by atoms with Gasteiger partial charge in [0.05, 0.1) is 18.2 Å². The first kappa shape index (κ1) is 24.0. The van der Waals surface area contributed by atoms with Crippen LogP contribution in [-0.2, 0) is 11.3 Å². The highest BCUT2D eigenvalue weighted by atomic mass is 35.5. The maximum atomic E-state index is 12.3. The van der Waals surface area contributed by atoms with Crippen molar-refractivity contribution in [1.82, 2.24) is 15.0 Å². The van der Waals surface area contributed by atoms with E-state index in [4.69, 9.17) is 21.1 Å². The van der Waals surface area contributed by atoms with Crippen molar-refractivity contribution in [2.24, 2.45) is 11.3 Å². The second-order valence-corrected chi connectivity index (χ2v) is 9.83. The lowest BCUT2D eigenvalue weighted by atomic mass is 9.99. The van der Waals surface area contributed by atoms with Crippen LogP contribution in [0.4, 0.5) is 0 Å². The van der Waals surface area contributed by atoms with Crippen molar-refractivity contribution >= 4 is 11.6 Å². The number of ether oxygens (including phenoxy) is 2. The Morgan fingerprint density at radius 2 is 1.78 bits per heavy atom. The van der Waals surface area contributed by atoms with E-state index in [0.717, 1.165) is 11.3 Å². The van der Waals surface area contributed by atoms with Crippen LogP contribution in [0, 0.1) is 11.3 Å². The van der Waals surface area contributed by atoms with Crippen LogP contribution in [0.3, 0.4) is 0 Å². The molecule has 7 heteroatoms. The third-order valence-electron chi connectivity index (χ3n) is 4.44. The molecule has 3 aromatic rings. The van der Waals surface area contributed by atoms with E-state index in [0.29, 0.717) is 53.5 Å². The fraction of sp³-hybridized carbons (Fsp3) is 0.400. The Morgan fingerprint density at radius 1 is 1.06 bits per heavy atom. The van der Waals surface area contributed by atoms with Crippen molar-refractivity contribution in [1.29, 1.82) is 0 Å². The maximum absolute atomic E-state index is 12.3. The number of hydrogen-bond acceptors (Lipinski definition) is 5. The second kappa shape index (κ2) is 10.3. The van der Waals surface area contributed by atoms with E-state index in [1.165, 1.54) is 0 Å². The van der Waals surface area contributed by atoms with E-state index in [1.54, 1.807) is 6.07 Å². The molecule has 0 saturated heterocycles. The predicted molar refractivity (Wildman–Crippen MR) is 128 cm³/mol. The molecule has 1 aromatic heterocycles. The van der Waals surface area contributed by atoms with E-state index in [-0.39, 0.29) is 5.41 Å². The van der Waals surface area contributed by atoms with Crippen LogP contribution in [0.25, 0.3) is 22.8 Å². The van der Waals surface area contributed by atoms with Gasteiger partial charge in [-0.25, -0.2) is 9.78 Å². The summed E-state index contributed by atoms with van der Waals surface area (Å²) in [5.74, 6) is 1.89. The molecule has 0 bridgehead atoms. The van der Waals surface area contributed by atoms with Crippen molar-refractivity contribution in [2.75, 3.05) is 13.2 Å². The van der Waals surface area contributed by atoms with Gasteiger partial charge in [-0.15, -0.1) is 0 Å². The number of halogens is 1. The van der Waals surface area contributed by atoms with Crippen molar-refractivity contribution in [3.63, 3.8) is 0 Å². The zero-order valence-corrected chi connectivity index (χ0v) is 20.0. The first-order valence-corrected chi connectivity index (χ1v) is 11.1. The van der Waals surface area contributed by atoms with Gasteiger partial charge >= 0.3 is 5.69 Å². The quantitative estimate of drug-likeness (QED) is 0.468. The van der Waals surface area contributed by atoms with Crippen molar-refractivity contribution in [2.45, 2.75) is 41.2 Å². The molecule has 1 N–H and O–H groups in total. The van der Waals surface area contributed by atoms with E-state index in [9.17, 15) is 4.79 Å². The normalized spacial score (nSPS) is 11.7. The third-order valence-corrected chi connectivity index (χ3v) is 4.77. The summed E-state index contributed by atoms with van der Waals surface area (Å²) in [6.07, 6.45) is 0. The van der Waals surface area contributed by atoms with Crippen LogP contribution in [-0.4, -0.2) is 28.2 Å². The molecule has 0 aliphatic heterocycles. The number of rotatable bonds is 8. The fourth-order valence-electron chi connectivity index (χ4n) is 2.90. The Morgan fingerprint density at radius 3 is 2.44 bits per heavy atom. The average Bonchev–Trinajstić information content (AvgIpc) is 2.72. The van der Waals surface area contributed by atoms with Crippen molar-refractivity contribution < 1.29 is 9.47 Å². The summed E-state index contributed by atoms with van der Waals surface area (Å²) in [5.41, 5.74) is 1.87. The van der Waals surface area contributed by atoms with Gasteiger partial charge in [-0.2, -0.15) is 4.98 Å². The number of nitrogens with one attached hydrogen (secondary N) is 1. The maximum Gasteiger partial charge on any atom is 0.348 e. The molecule has 0 saturated carbocycles. The third kappa shape index (κ3) is 6.90. The summed E-state index contributed by atoms with van der Waals surface area (Å²) in [6, 6.07) is 13.0. The number of hydrogen-bond donors (Lipinski definition) is 1. The molecule has 32 heavy (non-hydrogen) atoms. The van der Waals surface area contributed by atoms with E-state index < -0.39 is 5.69 Å². The van der Waals surface area contributed by atoms with Gasteiger partial charge in [0.2, 0.25) is 0 Å². The molecule has 170 valence electrons. The van der Waals surface area contributed by atoms with Crippen LogP contribution in [0.2, 0.25) is 5.02 Å². The molecular formula is C25H30ClN3O3. The lowest BCUT2D eigenvalue weighted by Gasteiger charge is -2.18. The minimum absolute atomic E-state index is 0.0665. The van der Waals surface area contributed by atoms with Gasteiger partial charge in [-0.3, -0.25) is 4.98 Å². The molecule has 2 aromatic carbocycles. The molecule has 0 fully saturated rings. The molecule has 3 rings (SSSR count). The van der Waals surface area contributed by atoms with Gasteiger partial charge in [0.1, 0.15) is 11.6 Å². The van der Waals surface area contributed by atoms with Gasteiger partial charge < -0.3 is 9.47 Å². The zero-order valence-electron chi connectivity index (χ0n) is 19.2. The van der Waals surface area contributed by atoms with Crippen LogP contribution in [0.1, 0.15) is 40.2 Å². The summed E-state index contributed by atoms with van der Waals surface area (Å²) in [5, 5.41) is 0.490. The molecule has 0 unspecified atom stereocenters. The van der Waals surface area contributed by atoms with Gasteiger partial charge in [-0.1, -0.05) is 52.3 Å². The smallest absolute Gasteiger partial charge is 0.348 e. The van der Waals surface area contributed by atoms with Crippen LogP contribution >= 0.6 is 11.6 Å². The predicted octanol–water partition coefficient (Wildman–Crippen LogP) is 5.75. The minimum atomic E-state index is -0.490.